The maximum atomic E-state index is 15.7. The van der Waals surface area contributed by atoms with Crippen molar-refractivity contribution < 1.29 is 33.0 Å². The minimum atomic E-state index is -1.80. The maximum Gasteiger partial charge on any atom is 0.321 e. The molecule has 2 aromatic rings. The van der Waals surface area contributed by atoms with Gasteiger partial charge in [-0.25, -0.2) is 14.4 Å². The van der Waals surface area contributed by atoms with Crippen LogP contribution in [0.1, 0.15) is 55.5 Å². The van der Waals surface area contributed by atoms with E-state index in [1.54, 1.807) is 0 Å². The average molecular weight is 658 g/mol. The zero-order valence-corrected chi connectivity index (χ0v) is 27.8. The highest BCUT2D eigenvalue weighted by molar-refractivity contribution is 8.16. The Hall–Kier alpha value is -3.67. The summed E-state index contributed by atoms with van der Waals surface area (Å²) in [6.45, 7) is 10.7. The summed E-state index contributed by atoms with van der Waals surface area (Å²) in [7, 11) is -1.35. The van der Waals surface area contributed by atoms with Crippen LogP contribution in [-0.4, -0.2) is 64.9 Å². The number of aromatic nitrogens is 2. The molecule has 2 aromatic heterocycles. The van der Waals surface area contributed by atoms with E-state index in [0.29, 0.717) is 13.0 Å². The summed E-state index contributed by atoms with van der Waals surface area (Å²) >= 11 is 0.885. The van der Waals surface area contributed by atoms with Crippen molar-refractivity contribution in [3.8, 4) is 6.07 Å². The van der Waals surface area contributed by atoms with Gasteiger partial charge in [0.2, 0.25) is 5.95 Å². The van der Waals surface area contributed by atoms with Crippen molar-refractivity contribution in [1.82, 2.24) is 15.3 Å². The summed E-state index contributed by atoms with van der Waals surface area (Å²) in [5.74, 6) is -3.82. The van der Waals surface area contributed by atoms with Crippen LogP contribution in [0.2, 0.25) is 25.7 Å². The van der Waals surface area contributed by atoms with E-state index in [4.69, 9.17) is 19.7 Å². The molecule has 240 valence electrons. The highest BCUT2D eigenvalue weighted by Crippen LogP contribution is 2.75. The number of hydrogen-bond donors (Lipinski definition) is 2. The number of carboxylic acid groups (broad SMARTS) is 1. The number of amidine groups is 1. The molecule has 0 spiro atoms. The largest absolute Gasteiger partial charge is 0.480 e. The molecule has 2 N–H and O–H groups in total. The average Bonchev–Trinajstić information content (AvgIpc) is 3.70. The van der Waals surface area contributed by atoms with E-state index in [1.807, 2.05) is 13.0 Å². The van der Waals surface area contributed by atoms with Gasteiger partial charge in [-0.1, -0.05) is 44.7 Å². The van der Waals surface area contributed by atoms with Gasteiger partial charge in [0, 0.05) is 32.6 Å². The molecule has 0 radical (unpaired) electrons. The molecular weight excluding hydrogens is 621 g/mol. The maximum absolute atomic E-state index is 15.7. The number of nitrogens with one attached hydrogen (secondary N) is 1. The zero-order chi connectivity index (χ0) is 33.0. The second kappa shape index (κ2) is 13.4. The van der Waals surface area contributed by atoms with Gasteiger partial charge in [-0.2, -0.15) is 9.65 Å². The number of aliphatic carboxylic acids is 1. The minimum absolute atomic E-state index is 0.0301. The van der Waals surface area contributed by atoms with E-state index in [0.717, 1.165) is 36.5 Å². The Morgan fingerprint density at radius 3 is 2.62 bits per heavy atom. The van der Waals surface area contributed by atoms with Gasteiger partial charge < -0.3 is 19.9 Å². The van der Waals surface area contributed by atoms with Crippen LogP contribution in [0.25, 0.3) is 11.9 Å². The first-order valence-electron chi connectivity index (χ1n) is 14.6. The number of carbonyl (C=O) groups is 2. The molecule has 3 atom stereocenters. The molecule has 1 aliphatic carbocycles. The molecular formula is C31H37F2N5O5SSi. The van der Waals surface area contributed by atoms with E-state index in [2.05, 4.69) is 34.9 Å². The zero-order valence-electron chi connectivity index (χ0n) is 25.9. The number of carbonyl (C=O) groups excluding carboxylic acids is 1. The molecule has 0 aromatic carbocycles. The van der Waals surface area contributed by atoms with Crippen molar-refractivity contribution in [3.63, 3.8) is 0 Å². The van der Waals surface area contributed by atoms with Gasteiger partial charge >= 0.3 is 11.9 Å². The first-order valence-corrected chi connectivity index (χ1v) is 19.2. The third-order valence-corrected chi connectivity index (χ3v) is 11.2. The van der Waals surface area contributed by atoms with Crippen LogP contribution < -0.4 is 5.32 Å². The standard InChI is InChI=1S/C31H37F2N5O5SSi/c1-6-7-10-43-27(41)30-18-31(30,26(39)40)44-28(37-19-42-11-12-45(3,4)5)38-29(30,2)22-13-21(17-36-25(22)33)14-23(32)24-9-8-20(15-34)16-35-24/h8-9,13-14,16-17H,6-7,10-12,18-19H2,1-5H3,(H,37,38)(H,39,40)/b23-14-. The van der Waals surface area contributed by atoms with Gasteiger partial charge in [0.1, 0.15) is 34.3 Å². The second-order valence-corrected chi connectivity index (χ2v) is 19.4. The number of esters is 1. The van der Waals surface area contributed by atoms with Gasteiger partial charge in [0.05, 0.1) is 17.9 Å². The number of fused-ring (bicyclic) bond motifs is 1. The van der Waals surface area contributed by atoms with E-state index in [9.17, 15) is 14.7 Å². The number of halogens is 2. The van der Waals surface area contributed by atoms with Crippen LogP contribution in [0.5, 0.6) is 0 Å². The van der Waals surface area contributed by atoms with Crippen LogP contribution in [0.4, 0.5) is 8.78 Å². The highest BCUT2D eigenvalue weighted by atomic mass is 32.2. The quantitative estimate of drug-likeness (QED) is 0.0900. The summed E-state index contributed by atoms with van der Waals surface area (Å²) in [5, 5.41) is 22.7. The van der Waals surface area contributed by atoms with Crippen molar-refractivity contribution in [2.45, 2.75) is 69.1 Å². The molecule has 1 fully saturated rings. The minimum Gasteiger partial charge on any atom is -0.480 e. The van der Waals surface area contributed by atoms with Crippen molar-refractivity contribution in [2.24, 2.45) is 10.4 Å². The molecule has 3 unspecified atom stereocenters. The van der Waals surface area contributed by atoms with E-state index in [-0.39, 0.29) is 47.3 Å². The Kier molecular flexibility index (Phi) is 10.2. The Balaban J connectivity index is 1.77. The van der Waals surface area contributed by atoms with Crippen molar-refractivity contribution in [2.75, 3.05) is 19.9 Å². The van der Waals surface area contributed by atoms with Gasteiger partial charge in [-0.05, 0) is 55.6 Å². The lowest BCUT2D eigenvalue weighted by atomic mass is 9.75. The number of nitriles is 1. The normalized spacial score (nSPS) is 24.2. The lowest BCUT2D eigenvalue weighted by molar-refractivity contribution is -0.156. The molecule has 14 heteroatoms. The number of rotatable bonds is 13. The Bertz CT molecular complexity index is 1560. The van der Waals surface area contributed by atoms with Gasteiger partial charge in [-0.3, -0.25) is 14.6 Å². The number of carboxylic acids is 1. The van der Waals surface area contributed by atoms with Gasteiger partial charge in [0.15, 0.2) is 5.17 Å². The number of ether oxygens (including phenoxy) is 2. The van der Waals surface area contributed by atoms with E-state index >= 15 is 8.78 Å². The summed E-state index contributed by atoms with van der Waals surface area (Å²) in [5.41, 5.74) is -3.43. The fourth-order valence-corrected chi connectivity index (χ4v) is 7.59. The molecule has 4 rings (SSSR count). The monoisotopic (exact) mass is 657 g/mol. The molecule has 10 nitrogen and oxygen atoms in total. The van der Waals surface area contributed by atoms with Gasteiger partial charge in [0.25, 0.3) is 0 Å². The summed E-state index contributed by atoms with van der Waals surface area (Å²) in [4.78, 5) is 39.2. The molecule has 1 aliphatic heterocycles. The summed E-state index contributed by atoms with van der Waals surface area (Å²) in [6, 6.07) is 6.88. The predicted molar refractivity (Wildman–Crippen MR) is 170 cm³/mol. The number of unbranched alkanes of at least 4 members (excludes halogenated alkanes) is 1. The first-order chi connectivity index (χ1) is 21.2. The molecule has 0 amide bonds. The Morgan fingerprint density at radius 2 is 2.00 bits per heavy atom. The van der Waals surface area contributed by atoms with Crippen LogP contribution >= 0.6 is 11.8 Å². The molecule has 2 aliphatic rings. The third-order valence-electron chi connectivity index (χ3n) is 8.07. The lowest BCUT2D eigenvalue weighted by Gasteiger charge is -2.40. The van der Waals surface area contributed by atoms with E-state index < -0.39 is 47.5 Å². The number of aliphatic imine (C=N–C) groups is 1. The SMILES string of the molecule is CCCCOC(=O)C12CC1(C(=O)O)SC(NCOCC[Si](C)(C)C)=NC2(C)c1cc(/C=C(\F)c2ccc(C#N)cn2)cnc1F. The first kappa shape index (κ1) is 34.2. The Labute approximate surface area is 266 Å². The number of hydrogen-bond acceptors (Lipinski definition) is 10. The van der Waals surface area contributed by atoms with Crippen molar-refractivity contribution in [3.05, 3.63) is 58.9 Å². The molecule has 0 bridgehead atoms. The molecule has 45 heavy (non-hydrogen) atoms. The van der Waals surface area contributed by atoms with Crippen LogP contribution in [0.15, 0.2) is 35.6 Å². The topological polar surface area (TPSA) is 147 Å². The van der Waals surface area contributed by atoms with Gasteiger partial charge in [-0.15, -0.1) is 0 Å². The fourth-order valence-electron chi connectivity index (χ4n) is 5.31. The molecule has 3 heterocycles. The lowest BCUT2D eigenvalue weighted by Crippen LogP contribution is -2.52. The number of nitrogens with zero attached hydrogens (tertiary/aromatic N) is 4. The third kappa shape index (κ3) is 6.80. The molecule has 1 saturated carbocycles. The predicted octanol–water partition coefficient (Wildman–Crippen LogP) is 5.73. The van der Waals surface area contributed by atoms with E-state index in [1.165, 1.54) is 31.3 Å². The number of thioether (sulfide) groups is 1. The Morgan fingerprint density at radius 1 is 1.24 bits per heavy atom. The molecule has 0 saturated heterocycles. The van der Waals surface area contributed by atoms with Crippen LogP contribution in [-0.2, 0) is 24.6 Å². The second-order valence-electron chi connectivity index (χ2n) is 12.5. The number of pyridine rings is 2. The van der Waals surface area contributed by atoms with Crippen LogP contribution in [0.3, 0.4) is 0 Å². The fraction of sp³-hybridized carbons (Fsp3) is 0.484. The van der Waals surface area contributed by atoms with Crippen LogP contribution in [0, 0.1) is 22.7 Å². The summed E-state index contributed by atoms with van der Waals surface area (Å²) < 4.78 is 40.5. The smallest absolute Gasteiger partial charge is 0.321 e. The van der Waals surface area contributed by atoms with Crippen molar-refractivity contribution in [1.29, 1.82) is 5.26 Å². The summed E-state index contributed by atoms with van der Waals surface area (Å²) in [6.07, 6.45) is 4.56. The highest BCUT2D eigenvalue weighted by Gasteiger charge is 2.87. The van der Waals surface area contributed by atoms with Crippen molar-refractivity contribution >= 4 is 48.8 Å².